The second kappa shape index (κ2) is 9.89. The molecule has 1 aromatic carbocycles. The Hall–Kier alpha value is -2.11. The Morgan fingerprint density at radius 2 is 1.54 bits per heavy atom. The van der Waals surface area contributed by atoms with Crippen molar-refractivity contribution >= 4 is 11.6 Å². The highest BCUT2D eigenvalue weighted by atomic mass is 16.5. The maximum Gasteiger partial charge on any atom is 0.222 e. The van der Waals surface area contributed by atoms with Crippen molar-refractivity contribution in [1.82, 2.24) is 4.90 Å². The van der Waals surface area contributed by atoms with E-state index in [-0.39, 0.29) is 0 Å². The van der Waals surface area contributed by atoms with Crippen molar-refractivity contribution in [1.29, 1.82) is 0 Å². The van der Waals surface area contributed by atoms with Gasteiger partial charge in [-0.2, -0.15) is 0 Å². The molecule has 0 unspecified atom stereocenters. The second-order valence-electron chi connectivity index (χ2n) is 7.79. The maximum atomic E-state index is 12.6. The zero-order chi connectivity index (χ0) is 19.9. The van der Waals surface area contributed by atoms with E-state index in [1.165, 1.54) is 32.1 Å². The summed E-state index contributed by atoms with van der Waals surface area (Å²) in [5, 5.41) is 0. The van der Waals surface area contributed by atoms with Gasteiger partial charge in [0.15, 0.2) is 11.5 Å². The number of carbonyl (C=O) groups is 1. The summed E-state index contributed by atoms with van der Waals surface area (Å²) >= 11 is 0. The number of rotatable bonds is 7. The summed E-state index contributed by atoms with van der Waals surface area (Å²) in [6.45, 7) is 3.15. The van der Waals surface area contributed by atoms with Crippen molar-refractivity contribution in [2.24, 2.45) is 5.92 Å². The number of benzene rings is 1. The van der Waals surface area contributed by atoms with E-state index in [0.29, 0.717) is 29.6 Å². The normalized spacial score (nSPS) is 18.1. The molecule has 1 aliphatic heterocycles. The van der Waals surface area contributed by atoms with E-state index in [4.69, 9.17) is 14.2 Å². The lowest BCUT2D eigenvalue weighted by molar-refractivity contribution is -0.131. The van der Waals surface area contributed by atoms with Crippen LogP contribution in [0.1, 0.15) is 44.9 Å². The molecule has 1 aliphatic carbocycles. The van der Waals surface area contributed by atoms with E-state index < -0.39 is 0 Å². The van der Waals surface area contributed by atoms with Gasteiger partial charge >= 0.3 is 0 Å². The number of carbonyl (C=O) groups excluding carboxylic acids is 1. The molecule has 0 spiro atoms. The summed E-state index contributed by atoms with van der Waals surface area (Å²) < 4.78 is 16.3. The van der Waals surface area contributed by atoms with Gasteiger partial charge in [0, 0.05) is 50.4 Å². The first kappa shape index (κ1) is 20.6. The van der Waals surface area contributed by atoms with Crippen molar-refractivity contribution in [3.8, 4) is 17.2 Å². The Labute approximate surface area is 168 Å². The molecule has 1 amide bonds. The molecule has 1 heterocycles. The number of piperazine rings is 1. The molecule has 1 aromatic rings. The van der Waals surface area contributed by atoms with E-state index in [1.807, 2.05) is 17.0 Å². The molecular weight excluding hydrogens is 356 g/mol. The van der Waals surface area contributed by atoms with Gasteiger partial charge in [0.1, 0.15) is 0 Å². The molecule has 2 fully saturated rings. The lowest BCUT2D eigenvalue weighted by atomic mass is 9.86. The van der Waals surface area contributed by atoms with Gasteiger partial charge in [0.2, 0.25) is 11.7 Å². The van der Waals surface area contributed by atoms with E-state index in [9.17, 15) is 4.79 Å². The zero-order valence-electron chi connectivity index (χ0n) is 17.5. The van der Waals surface area contributed by atoms with E-state index in [1.54, 1.807) is 21.3 Å². The minimum absolute atomic E-state index is 0.315. The van der Waals surface area contributed by atoms with Crippen molar-refractivity contribution in [3.05, 3.63) is 12.1 Å². The first-order valence-electron chi connectivity index (χ1n) is 10.5. The van der Waals surface area contributed by atoms with E-state index >= 15 is 0 Å². The minimum atomic E-state index is 0.315. The molecule has 0 aromatic heterocycles. The van der Waals surface area contributed by atoms with Crippen LogP contribution in [0.25, 0.3) is 0 Å². The number of ether oxygens (including phenoxy) is 3. The Morgan fingerprint density at radius 1 is 0.929 bits per heavy atom. The molecule has 28 heavy (non-hydrogen) atoms. The van der Waals surface area contributed by atoms with E-state index in [0.717, 1.165) is 44.2 Å². The van der Waals surface area contributed by atoms with Crippen LogP contribution in [-0.2, 0) is 4.79 Å². The highest BCUT2D eigenvalue weighted by molar-refractivity contribution is 5.76. The number of hydrogen-bond donors (Lipinski definition) is 0. The standard InChI is InChI=1S/C22H34N2O4/c1-26-19-15-18(16-20(27-2)22(19)28-3)23-11-13-24(14-12-23)21(25)10-9-17-7-5-4-6-8-17/h15-17H,4-14H2,1-3H3. The Balaban J connectivity index is 1.55. The molecule has 1 saturated carbocycles. The summed E-state index contributed by atoms with van der Waals surface area (Å²) in [4.78, 5) is 16.9. The van der Waals surface area contributed by atoms with Gasteiger partial charge in [-0.1, -0.05) is 32.1 Å². The van der Waals surface area contributed by atoms with Gasteiger partial charge in [-0.05, 0) is 12.3 Å². The van der Waals surface area contributed by atoms with Crippen LogP contribution in [0.5, 0.6) is 17.2 Å². The van der Waals surface area contributed by atoms with Crippen LogP contribution in [0.4, 0.5) is 5.69 Å². The molecule has 1 saturated heterocycles. The minimum Gasteiger partial charge on any atom is -0.493 e. The Morgan fingerprint density at radius 3 is 2.07 bits per heavy atom. The topological polar surface area (TPSA) is 51.2 Å². The molecule has 0 atom stereocenters. The zero-order valence-corrected chi connectivity index (χ0v) is 17.5. The first-order chi connectivity index (χ1) is 13.7. The molecule has 0 N–H and O–H groups in total. The highest BCUT2D eigenvalue weighted by Crippen LogP contribution is 2.41. The summed E-state index contributed by atoms with van der Waals surface area (Å²) in [5.74, 6) is 2.99. The third kappa shape index (κ3) is 4.83. The fraction of sp³-hybridized carbons (Fsp3) is 0.682. The quantitative estimate of drug-likeness (QED) is 0.710. The van der Waals surface area contributed by atoms with Gasteiger partial charge in [-0.25, -0.2) is 0 Å². The molecule has 2 aliphatic rings. The second-order valence-corrected chi connectivity index (χ2v) is 7.79. The number of hydrogen-bond acceptors (Lipinski definition) is 5. The van der Waals surface area contributed by atoms with Gasteiger partial charge in [-0.3, -0.25) is 4.79 Å². The van der Waals surface area contributed by atoms with Crippen molar-refractivity contribution in [2.75, 3.05) is 52.4 Å². The van der Waals surface area contributed by atoms with Crippen LogP contribution in [0, 0.1) is 5.92 Å². The van der Waals surface area contributed by atoms with Gasteiger partial charge in [0.05, 0.1) is 21.3 Å². The summed E-state index contributed by atoms with van der Waals surface area (Å²) in [6, 6.07) is 3.95. The summed E-state index contributed by atoms with van der Waals surface area (Å²) in [5.41, 5.74) is 1.03. The SMILES string of the molecule is COc1cc(N2CCN(C(=O)CCC3CCCCC3)CC2)cc(OC)c1OC. The Kier molecular flexibility index (Phi) is 7.29. The van der Waals surface area contributed by atoms with E-state index in [2.05, 4.69) is 4.90 Å². The molecular formula is C22H34N2O4. The molecule has 156 valence electrons. The lowest BCUT2D eigenvalue weighted by Gasteiger charge is -2.36. The lowest BCUT2D eigenvalue weighted by Crippen LogP contribution is -2.48. The fourth-order valence-electron chi connectivity index (χ4n) is 4.43. The average Bonchev–Trinajstić information content (AvgIpc) is 2.77. The van der Waals surface area contributed by atoms with Crippen LogP contribution >= 0.6 is 0 Å². The van der Waals surface area contributed by atoms with Crippen LogP contribution in [0.3, 0.4) is 0 Å². The fourth-order valence-corrected chi connectivity index (χ4v) is 4.43. The molecule has 6 nitrogen and oxygen atoms in total. The summed E-state index contributed by atoms with van der Waals surface area (Å²) in [7, 11) is 4.87. The van der Waals surface area contributed by atoms with Gasteiger partial charge < -0.3 is 24.0 Å². The van der Waals surface area contributed by atoms with Crippen LogP contribution in [0.15, 0.2) is 12.1 Å². The van der Waals surface area contributed by atoms with Gasteiger partial charge in [-0.15, -0.1) is 0 Å². The first-order valence-corrected chi connectivity index (χ1v) is 10.5. The molecule has 6 heteroatoms. The third-order valence-corrected chi connectivity index (χ3v) is 6.14. The van der Waals surface area contributed by atoms with Gasteiger partial charge in [0.25, 0.3) is 0 Å². The summed E-state index contributed by atoms with van der Waals surface area (Å²) in [6.07, 6.45) is 8.43. The van der Waals surface area contributed by atoms with Crippen molar-refractivity contribution in [2.45, 2.75) is 44.9 Å². The molecule has 0 radical (unpaired) electrons. The maximum absolute atomic E-state index is 12.6. The highest BCUT2D eigenvalue weighted by Gasteiger charge is 2.24. The Bertz CT molecular complexity index is 625. The monoisotopic (exact) mass is 390 g/mol. The number of nitrogens with zero attached hydrogens (tertiary/aromatic N) is 2. The van der Waals surface area contributed by atoms with Crippen LogP contribution in [0.2, 0.25) is 0 Å². The predicted molar refractivity (Wildman–Crippen MR) is 111 cm³/mol. The smallest absolute Gasteiger partial charge is 0.222 e. The number of methoxy groups -OCH3 is 3. The predicted octanol–water partition coefficient (Wildman–Crippen LogP) is 3.72. The largest absolute Gasteiger partial charge is 0.493 e. The average molecular weight is 391 g/mol. The number of anilines is 1. The molecule has 0 bridgehead atoms. The number of amides is 1. The van der Waals surface area contributed by atoms with Crippen molar-refractivity contribution in [3.63, 3.8) is 0 Å². The van der Waals surface area contributed by atoms with Crippen LogP contribution in [-0.4, -0.2) is 58.3 Å². The van der Waals surface area contributed by atoms with Crippen LogP contribution < -0.4 is 19.1 Å². The molecule has 3 rings (SSSR count). The third-order valence-electron chi connectivity index (χ3n) is 6.14. The van der Waals surface area contributed by atoms with Crippen molar-refractivity contribution < 1.29 is 19.0 Å².